The van der Waals surface area contributed by atoms with Gasteiger partial charge in [0.1, 0.15) is 5.69 Å². The molecular weight excluding hydrogens is 276 g/mol. The van der Waals surface area contributed by atoms with Crippen LogP contribution in [0, 0.1) is 24.0 Å². The van der Waals surface area contributed by atoms with E-state index in [2.05, 4.69) is 11.4 Å². The van der Waals surface area contributed by atoms with Gasteiger partial charge in [0.05, 0.1) is 4.92 Å². The minimum absolute atomic E-state index is 0.0113. The lowest BCUT2D eigenvalue weighted by Crippen LogP contribution is -2.04. The van der Waals surface area contributed by atoms with E-state index in [4.69, 9.17) is 11.6 Å². The maximum atomic E-state index is 11.0. The molecule has 2 aromatic rings. The number of nitrogens with one attached hydrogen (secondary N) is 1. The molecule has 1 N–H and O–H groups in total. The Labute approximate surface area is 122 Å². The quantitative estimate of drug-likeness (QED) is 0.667. The van der Waals surface area contributed by atoms with Gasteiger partial charge in [0.15, 0.2) is 0 Å². The van der Waals surface area contributed by atoms with Crippen LogP contribution < -0.4 is 5.32 Å². The van der Waals surface area contributed by atoms with E-state index < -0.39 is 4.92 Å². The highest BCUT2D eigenvalue weighted by Gasteiger charge is 2.14. The molecule has 0 heterocycles. The Morgan fingerprint density at radius 3 is 2.65 bits per heavy atom. The maximum Gasteiger partial charge on any atom is 0.293 e. The number of halogens is 1. The smallest absolute Gasteiger partial charge is 0.293 e. The third-order valence-electron chi connectivity index (χ3n) is 3.13. The van der Waals surface area contributed by atoms with E-state index in [1.165, 1.54) is 6.07 Å². The summed E-state index contributed by atoms with van der Waals surface area (Å²) in [5.74, 6) is 0. The lowest BCUT2D eigenvalue weighted by Gasteiger charge is -2.10. The minimum atomic E-state index is -0.433. The molecule has 0 radical (unpaired) electrons. The highest BCUT2D eigenvalue weighted by molar-refractivity contribution is 6.30. The van der Waals surface area contributed by atoms with Gasteiger partial charge in [-0.15, -0.1) is 0 Å². The highest BCUT2D eigenvalue weighted by atomic mass is 35.5. The van der Waals surface area contributed by atoms with Crippen molar-refractivity contribution in [3.8, 4) is 0 Å². The van der Waals surface area contributed by atoms with Crippen molar-refractivity contribution in [1.29, 1.82) is 0 Å². The molecular formula is C15H15ClN2O2. The van der Waals surface area contributed by atoms with Gasteiger partial charge in [0.2, 0.25) is 0 Å². The molecule has 0 aromatic heterocycles. The van der Waals surface area contributed by atoms with Crippen molar-refractivity contribution in [2.45, 2.75) is 20.4 Å². The Morgan fingerprint density at radius 2 is 1.95 bits per heavy atom. The van der Waals surface area contributed by atoms with Crippen molar-refractivity contribution in [3.63, 3.8) is 0 Å². The number of rotatable bonds is 4. The van der Waals surface area contributed by atoms with Gasteiger partial charge in [-0.05, 0) is 37.1 Å². The van der Waals surface area contributed by atoms with Gasteiger partial charge >= 0.3 is 0 Å². The van der Waals surface area contributed by atoms with Gasteiger partial charge in [0.25, 0.3) is 5.69 Å². The Morgan fingerprint density at radius 1 is 1.20 bits per heavy atom. The largest absolute Gasteiger partial charge is 0.375 e. The monoisotopic (exact) mass is 290 g/mol. The van der Waals surface area contributed by atoms with Crippen LogP contribution in [0.3, 0.4) is 0 Å². The van der Waals surface area contributed by atoms with Crippen LogP contribution in [0.4, 0.5) is 11.4 Å². The van der Waals surface area contributed by atoms with Crippen LogP contribution in [0.15, 0.2) is 36.4 Å². The van der Waals surface area contributed by atoms with Gasteiger partial charge in [-0.2, -0.15) is 0 Å². The van der Waals surface area contributed by atoms with Crippen molar-refractivity contribution in [3.05, 3.63) is 68.2 Å². The Hall–Kier alpha value is -2.07. The number of aryl methyl sites for hydroxylation is 2. The minimum Gasteiger partial charge on any atom is -0.375 e. The molecule has 0 amide bonds. The maximum absolute atomic E-state index is 11.0. The van der Waals surface area contributed by atoms with Crippen LogP contribution in [-0.4, -0.2) is 4.92 Å². The van der Waals surface area contributed by atoms with Crippen molar-refractivity contribution in [1.82, 2.24) is 0 Å². The molecule has 0 saturated carbocycles. The fraction of sp³-hybridized carbons (Fsp3) is 0.200. The Bertz CT molecular complexity index is 656. The number of hydrogen-bond acceptors (Lipinski definition) is 3. The molecule has 0 unspecified atom stereocenters. The molecule has 0 aliphatic heterocycles. The second kappa shape index (κ2) is 5.92. The van der Waals surface area contributed by atoms with Crippen LogP contribution in [0.5, 0.6) is 0 Å². The first-order valence-electron chi connectivity index (χ1n) is 6.21. The molecule has 104 valence electrons. The first-order chi connectivity index (χ1) is 9.47. The molecule has 5 heteroatoms. The van der Waals surface area contributed by atoms with Crippen molar-refractivity contribution < 1.29 is 4.92 Å². The SMILES string of the molecule is Cc1ccc(C)c(CNc2ccc(Cl)cc2[N+](=O)[O-])c1. The van der Waals surface area contributed by atoms with Crippen LogP contribution in [0.1, 0.15) is 16.7 Å². The molecule has 0 aliphatic rings. The van der Waals surface area contributed by atoms with E-state index in [1.54, 1.807) is 12.1 Å². The van der Waals surface area contributed by atoms with Crippen LogP contribution in [0.2, 0.25) is 5.02 Å². The van der Waals surface area contributed by atoms with E-state index in [0.717, 1.165) is 16.7 Å². The second-order valence-electron chi connectivity index (χ2n) is 4.70. The number of nitrogens with zero attached hydrogens (tertiary/aromatic N) is 1. The molecule has 0 atom stereocenters. The number of nitro benzene ring substituents is 1. The van der Waals surface area contributed by atoms with Crippen LogP contribution in [-0.2, 0) is 6.54 Å². The fourth-order valence-corrected chi connectivity index (χ4v) is 2.15. The van der Waals surface area contributed by atoms with E-state index in [9.17, 15) is 10.1 Å². The summed E-state index contributed by atoms with van der Waals surface area (Å²) in [6, 6.07) is 10.8. The van der Waals surface area contributed by atoms with Crippen molar-refractivity contribution >= 4 is 23.0 Å². The molecule has 0 aliphatic carbocycles. The summed E-state index contributed by atoms with van der Waals surface area (Å²) in [6.45, 7) is 4.58. The summed E-state index contributed by atoms with van der Waals surface area (Å²) in [5, 5.41) is 14.5. The van der Waals surface area contributed by atoms with Crippen molar-refractivity contribution in [2.24, 2.45) is 0 Å². The predicted molar refractivity (Wildman–Crippen MR) is 81.3 cm³/mol. The second-order valence-corrected chi connectivity index (χ2v) is 5.14. The molecule has 4 nitrogen and oxygen atoms in total. The molecule has 0 bridgehead atoms. The van der Waals surface area contributed by atoms with E-state index in [1.807, 2.05) is 26.0 Å². The van der Waals surface area contributed by atoms with Gasteiger partial charge in [-0.3, -0.25) is 10.1 Å². The number of hydrogen-bond donors (Lipinski definition) is 1. The highest BCUT2D eigenvalue weighted by Crippen LogP contribution is 2.28. The normalized spacial score (nSPS) is 10.3. The average Bonchev–Trinajstić information content (AvgIpc) is 2.40. The molecule has 2 aromatic carbocycles. The molecule has 0 saturated heterocycles. The molecule has 2 rings (SSSR count). The van der Waals surface area contributed by atoms with Gasteiger partial charge in [-0.25, -0.2) is 0 Å². The zero-order chi connectivity index (χ0) is 14.7. The zero-order valence-corrected chi connectivity index (χ0v) is 12.1. The zero-order valence-electron chi connectivity index (χ0n) is 11.3. The summed E-state index contributed by atoms with van der Waals surface area (Å²) in [6.07, 6.45) is 0. The number of nitro groups is 1. The standard InChI is InChI=1S/C15H15ClN2O2/c1-10-3-4-11(2)12(7-10)9-17-14-6-5-13(16)8-15(14)18(19)20/h3-8,17H,9H2,1-2H3. The van der Waals surface area contributed by atoms with Crippen molar-refractivity contribution in [2.75, 3.05) is 5.32 Å². The number of benzene rings is 2. The van der Waals surface area contributed by atoms with Gasteiger partial charge < -0.3 is 5.32 Å². The average molecular weight is 291 g/mol. The topological polar surface area (TPSA) is 55.2 Å². The summed E-state index contributed by atoms with van der Waals surface area (Å²) in [4.78, 5) is 10.6. The summed E-state index contributed by atoms with van der Waals surface area (Å²) in [7, 11) is 0. The van der Waals surface area contributed by atoms with E-state index in [-0.39, 0.29) is 5.69 Å². The van der Waals surface area contributed by atoms with Gasteiger partial charge in [0, 0.05) is 17.6 Å². The first-order valence-corrected chi connectivity index (χ1v) is 6.59. The lowest BCUT2D eigenvalue weighted by molar-refractivity contribution is -0.383. The summed E-state index contributed by atoms with van der Waals surface area (Å²) >= 11 is 5.79. The van der Waals surface area contributed by atoms with Crippen LogP contribution in [0.25, 0.3) is 0 Å². The fourth-order valence-electron chi connectivity index (χ4n) is 1.99. The van der Waals surface area contributed by atoms with Crippen LogP contribution >= 0.6 is 11.6 Å². The third-order valence-corrected chi connectivity index (χ3v) is 3.37. The third kappa shape index (κ3) is 3.27. The van der Waals surface area contributed by atoms with E-state index in [0.29, 0.717) is 17.3 Å². The Balaban J connectivity index is 2.23. The Kier molecular flexibility index (Phi) is 4.25. The van der Waals surface area contributed by atoms with Gasteiger partial charge in [-0.1, -0.05) is 35.4 Å². The van der Waals surface area contributed by atoms with E-state index >= 15 is 0 Å². The summed E-state index contributed by atoms with van der Waals surface area (Å²) in [5.41, 5.74) is 3.90. The first kappa shape index (κ1) is 14.3. The predicted octanol–water partition coefficient (Wildman–Crippen LogP) is 4.48. The molecule has 0 spiro atoms. The summed E-state index contributed by atoms with van der Waals surface area (Å²) < 4.78 is 0. The lowest BCUT2D eigenvalue weighted by atomic mass is 10.1. The number of anilines is 1. The molecule has 0 fully saturated rings. The molecule has 20 heavy (non-hydrogen) atoms.